The van der Waals surface area contributed by atoms with E-state index in [1.54, 1.807) is 0 Å². The van der Waals surface area contributed by atoms with Crippen molar-refractivity contribution in [1.29, 1.82) is 0 Å². The second-order valence-electron chi connectivity index (χ2n) is 2.16. The number of aliphatic hydroxyl groups is 3. The number of carboxylic acid groups (broad SMARTS) is 1. The van der Waals surface area contributed by atoms with Crippen molar-refractivity contribution < 1.29 is 30.0 Å². The van der Waals surface area contributed by atoms with Crippen molar-refractivity contribution in [3.8, 4) is 0 Å². The largest absolute Gasteiger partial charge is 0.480 e. The molecule has 6 N–H and O–H groups in total. The average Bonchev–Trinajstić information content (AvgIpc) is 1.84. The Kier molecular flexibility index (Phi) is 4.07. The number of hydrogen-bond acceptors (Lipinski definition) is 6. The molecule has 0 aliphatic carbocycles. The van der Waals surface area contributed by atoms with E-state index < -0.39 is 18.2 Å². The van der Waals surface area contributed by atoms with Crippen LogP contribution in [0.5, 0.6) is 0 Å². The molecule has 0 radical (unpaired) electrons. The van der Waals surface area contributed by atoms with Crippen LogP contribution in [0, 0.1) is 0 Å². The van der Waals surface area contributed by atoms with Crippen molar-refractivity contribution in [2.24, 2.45) is 5.73 Å². The summed E-state index contributed by atoms with van der Waals surface area (Å²) in [7, 11) is 0. The first-order chi connectivity index (χ1) is 5.33. The molecule has 0 aliphatic rings. The third kappa shape index (κ3) is 6.01. The first-order valence-electron chi connectivity index (χ1n) is 3.12. The molecular weight excluding hydrogens is 170 g/mol. The van der Waals surface area contributed by atoms with Gasteiger partial charge in [0, 0.05) is 0 Å². The van der Waals surface area contributed by atoms with E-state index in [0.717, 1.165) is 0 Å². The number of carbonyl (C=O) groups is 1. The van der Waals surface area contributed by atoms with Gasteiger partial charge in [0.15, 0.2) is 0 Å². The van der Waals surface area contributed by atoms with Crippen molar-refractivity contribution in [2.45, 2.75) is 18.6 Å². The van der Waals surface area contributed by atoms with Crippen LogP contribution in [-0.4, -0.2) is 45.2 Å². The van der Waals surface area contributed by atoms with Crippen LogP contribution in [-0.2, 0) is 9.53 Å². The Morgan fingerprint density at radius 1 is 1.50 bits per heavy atom. The van der Waals surface area contributed by atoms with E-state index in [0.29, 0.717) is 0 Å². The van der Waals surface area contributed by atoms with Crippen LogP contribution < -0.4 is 5.73 Å². The number of hydrogen-bond donors (Lipinski definition) is 5. The van der Waals surface area contributed by atoms with E-state index in [9.17, 15) is 4.79 Å². The van der Waals surface area contributed by atoms with Gasteiger partial charge in [-0.3, -0.25) is 4.79 Å². The number of aliphatic carboxylic acids is 1. The molecule has 0 saturated heterocycles. The van der Waals surface area contributed by atoms with Gasteiger partial charge < -0.3 is 30.9 Å². The maximum atomic E-state index is 10.1. The van der Waals surface area contributed by atoms with E-state index in [2.05, 4.69) is 4.74 Å². The molecule has 0 rings (SSSR count). The van der Waals surface area contributed by atoms with Gasteiger partial charge in [-0.1, -0.05) is 0 Å². The number of carboxylic acids is 1. The van der Waals surface area contributed by atoms with Gasteiger partial charge in [0.1, 0.15) is 6.04 Å². The standard InChI is InChI=1S/C5H11NO6/c6-3(4(7)8)1-2-12-5(9,10)11/h3,9-11H,1-2,6H2,(H,7,8). The molecule has 0 aromatic heterocycles. The van der Waals surface area contributed by atoms with Crippen molar-refractivity contribution >= 4 is 5.97 Å². The predicted molar refractivity (Wildman–Crippen MR) is 35.6 cm³/mol. The molecular formula is C5H11NO6. The highest BCUT2D eigenvalue weighted by molar-refractivity contribution is 5.72. The lowest BCUT2D eigenvalue weighted by molar-refractivity contribution is -0.454. The zero-order valence-corrected chi connectivity index (χ0v) is 6.17. The van der Waals surface area contributed by atoms with Gasteiger partial charge in [0.2, 0.25) is 0 Å². The molecule has 1 atom stereocenters. The maximum Gasteiger partial charge on any atom is 0.404 e. The molecule has 0 amide bonds. The Labute approximate surface area is 68.0 Å². The van der Waals surface area contributed by atoms with E-state index in [4.69, 9.17) is 26.2 Å². The van der Waals surface area contributed by atoms with Gasteiger partial charge in [-0.25, -0.2) is 0 Å². The third-order valence-electron chi connectivity index (χ3n) is 1.04. The summed E-state index contributed by atoms with van der Waals surface area (Å²) in [5, 5.41) is 32.8. The van der Waals surface area contributed by atoms with Crippen LogP contribution in [0.2, 0.25) is 0 Å². The smallest absolute Gasteiger partial charge is 0.404 e. The molecule has 0 aromatic carbocycles. The summed E-state index contributed by atoms with van der Waals surface area (Å²) in [6.07, 6.45) is -3.35. The minimum atomic E-state index is -3.22. The first kappa shape index (κ1) is 11.3. The Balaban J connectivity index is 3.51. The van der Waals surface area contributed by atoms with Crippen LogP contribution in [0.3, 0.4) is 0 Å². The van der Waals surface area contributed by atoms with E-state index >= 15 is 0 Å². The summed E-state index contributed by atoms with van der Waals surface area (Å²) in [5.74, 6) is -1.22. The molecule has 0 aliphatic heterocycles. The number of rotatable bonds is 5. The molecule has 1 unspecified atom stereocenters. The van der Waals surface area contributed by atoms with Crippen LogP contribution in [0.1, 0.15) is 6.42 Å². The summed E-state index contributed by atoms with van der Waals surface area (Å²) in [6, 6.07) is -1.15. The second-order valence-corrected chi connectivity index (χ2v) is 2.16. The molecule has 72 valence electrons. The molecule has 7 heteroatoms. The zero-order chi connectivity index (χ0) is 9.78. The van der Waals surface area contributed by atoms with Gasteiger partial charge in [0.25, 0.3) is 0 Å². The summed E-state index contributed by atoms with van der Waals surface area (Å²) in [6.45, 7) is -0.364. The molecule has 0 heterocycles. The minimum absolute atomic E-state index is 0.126. The molecule has 12 heavy (non-hydrogen) atoms. The predicted octanol–water partition coefficient (Wildman–Crippen LogP) is -2.61. The van der Waals surface area contributed by atoms with Gasteiger partial charge in [0.05, 0.1) is 6.61 Å². The van der Waals surface area contributed by atoms with Gasteiger partial charge >= 0.3 is 12.1 Å². The lowest BCUT2D eigenvalue weighted by Gasteiger charge is -2.14. The Hall–Kier alpha value is -0.730. The monoisotopic (exact) mass is 181 g/mol. The SMILES string of the molecule is NC(CCOC(O)(O)O)C(=O)O. The Morgan fingerprint density at radius 2 is 2.00 bits per heavy atom. The summed E-state index contributed by atoms with van der Waals surface area (Å²) in [5.41, 5.74) is 5.02. The molecule has 0 saturated carbocycles. The zero-order valence-electron chi connectivity index (χ0n) is 6.17. The first-order valence-corrected chi connectivity index (χ1v) is 3.12. The Bertz CT molecular complexity index is 153. The fraction of sp³-hybridized carbons (Fsp3) is 0.800. The fourth-order valence-electron chi connectivity index (χ4n) is 0.446. The van der Waals surface area contributed by atoms with Crippen molar-refractivity contribution in [3.05, 3.63) is 0 Å². The number of nitrogens with two attached hydrogens (primary N) is 1. The molecule has 0 bridgehead atoms. The lowest BCUT2D eigenvalue weighted by atomic mass is 10.2. The van der Waals surface area contributed by atoms with Crippen LogP contribution in [0.4, 0.5) is 0 Å². The number of ether oxygens (including phenoxy) is 1. The highest BCUT2D eigenvalue weighted by Gasteiger charge is 2.20. The summed E-state index contributed by atoms with van der Waals surface area (Å²) >= 11 is 0. The Morgan fingerprint density at radius 3 is 2.33 bits per heavy atom. The second kappa shape index (κ2) is 4.33. The molecule has 0 fully saturated rings. The quantitative estimate of drug-likeness (QED) is 0.293. The van der Waals surface area contributed by atoms with Crippen LogP contribution in [0.25, 0.3) is 0 Å². The summed E-state index contributed by atoms with van der Waals surface area (Å²) in [4.78, 5) is 10.1. The normalized spacial score (nSPS) is 14.3. The van der Waals surface area contributed by atoms with Crippen LogP contribution >= 0.6 is 0 Å². The maximum absolute atomic E-state index is 10.1. The molecule has 7 nitrogen and oxygen atoms in total. The summed E-state index contributed by atoms with van der Waals surface area (Å²) < 4.78 is 3.97. The van der Waals surface area contributed by atoms with Crippen LogP contribution in [0.15, 0.2) is 0 Å². The fourth-order valence-corrected chi connectivity index (χ4v) is 0.446. The minimum Gasteiger partial charge on any atom is -0.480 e. The lowest BCUT2D eigenvalue weighted by Crippen LogP contribution is -2.35. The highest BCUT2D eigenvalue weighted by atomic mass is 16.9. The molecule has 0 aromatic rings. The van der Waals surface area contributed by atoms with Gasteiger partial charge in [-0.2, -0.15) is 0 Å². The van der Waals surface area contributed by atoms with Crippen molar-refractivity contribution in [2.75, 3.05) is 6.61 Å². The van der Waals surface area contributed by atoms with E-state index in [1.807, 2.05) is 0 Å². The highest BCUT2D eigenvalue weighted by Crippen LogP contribution is 1.98. The third-order valence-corrected chi connectivity index (χ3v) is 1.04. The van der Waals surface area contributed by atoms with Crippen molar-refractivity contribution in [1.82, 2.24) is 0 Å². The molecule has 0 spiro atoms. The van der Waals surface area contributed by atoms with Gasteiger partial charge in [-0.15, -0.1) is 0 Å². The topological polar surface area (TPSA) is 133 Å². The van der Waals surface area contributed by atoms with Crippen molar-refractivity contribution in [3.63, 3.8) is 0 Å². The average molecular weight is 181 g/mol. The van der Waals surface area contributed by atoms with E-state index in [1.165, 1.54) is 0 Å². The van der Waals surface area contributed by atoms with Gasteiger partial charge in [-0.05, 0) is 6.42 Å². The van der Waals surface area contributed by atoms with E-state index in [-0.39, 0.29) is 13.0 Å².